The summed E-state index contributed by atoms with van der Waals surface area (Å²) in [4.78, 5) is 18.7. The van der Waals surface area contributed by atoms with Crippen LogP contribution in [-0.4, -0.2) is 33.0 Å². The molecule has 0 aromatic carbocycles. The third kappa shape index (κ3) is 3.07. The molecule has 0 unspecified atom stereocenters. The average Bonchev–Trinajstić information content (AvgIpc) is 3.03. The van der Waals surface area contributed by atoms with E-state index in [1.807, 2.05) is 6.92 Å². The molecule has 2 aliphatic rings. The summed E-state index contributed by atoms with van der Waals surface area (Å²) in [6, 6.07) is 2.41. The summed E-state index contributed by atoms with van der Waals surface area (Å²) >= 11 is 0. The quantitative estimate of drug-likeness (QED) is 0.853. The Morgan fingerprint density at radius 1 is 1.25 bits per heavy atom. The number of nitrogens with zero attached hydrogens (tertiary/aromatic N) is 5. The van der Waals surface area contributed by atoms with Crippen LogP contribution < -0.4 is 10.5 Å². The van der Waals surface area contributed by atoms with Crippen molar-refractivity contribution in [1.82, 2.24) is 19.9 Å². The molecule has 7 nitrogen and oxygen atoms in total. The van der Waals surface area contributed by atoms with Gasteiger partial charge in [0.25, 0.3) is 5.56 Å². The molecule has 0 amide bonds. The van der Waals surface area contributed by atoms with Crippen molar-refractivity contribution < 1.29 is 4.52 Å². The lowest BCUT2D eigenvalue weighted by Crippen LogP contribution is -2.37. The minimum Gasteiger partial charge on any atom is -0.324 e. The van der Waals surface area contributed by atoms with Gasteiger partial charge in [0, 0.05) is 25.7 Å². The van der Waals surface area contributed by atoms with Crippen LogP contribution in [0.3, 0.4) is 0 Å². The largest absolute Gasteiger partial charge is 0.324 e. The van der Waals surface area contributed by atoms with Gasteiger partial charge in [0.05, 0.1) is 5.69 Å². The molecule has 0 radical (unpaired) electrons. The van der Waals surface area contributed by atoms with Gasteiger partial charge in [-0.1, -0.05) is 5.16 Å². The Kier molecular flexibility index (Phi) is 4.08. The van der Waals surface area contributed by atoms with Gasteiger partial charge in [0.2, 0.25) is 0 Å². The van der Waals surface area contributed by atoms with Crippen molar-refractivity contribution in [3.05, 3.63) is 33.5 Å². The summed E-state index contributed by atoms with van der Waals surface area (Å²) in [6.45, 7) is 4.30. The number of piperidine rings is 1. The van der Waals surface area contributed by atoms with Gasteiger partial charge in [-0.15, -0.1) is 0 Å². The van der Waals surface area contributed by atoms with E-state index < -0.39 is 0 Å². The summed E-state index contributed by atoms with van der Waals surface area (Å²) < 4.78 is 6.92. The fraction of sp³-hybridized carbons (Fsp3) is 0.647. The van der Waals surface area contributed by atoms with Gasteiger partial charge in [-0.3, -0.25) is 4.79 Å². The molecule has 7 heteroatoms. The summed E-state index contributed by atoms with van der Waals surface area (Å²) in [6.07, 6.45) is 6.37. The van der Waals surface area contributed by atoms with Gasteiger partial charge in [0.1, 0.15) is 0 Å². The molecule has 1 aliphatic carbocycles. The molecule has 0 spiro atoms. The lowest BCUT2D eigenvalue weighted by Gasteiger charge is -2.30. The molecule has 2 aromatic rings. The van der Waals surface area contributed by atoms with E-state index in [-0.39, 0.29) is 5.56 Å². The van der Waals surface area contributed by atoms with Crippen LogP contribution in [-0.2, 0) is 19.4 Å². The topological polar surface area (TPSA) is 77.0 Å². The molecule has 1 saturated heterocycles. The van der Waals surface area contributed by atoms with E-state index >= 15 is 0 Å². The highest BCUT2D eigenvalue weighted by Crippen LogP contribution is 2.23. The molecule has 1 aliphatic heterocycles. The Hall–Kier alpha value is -2.18. The van der Waals surface area contributed by atoms with Gasteiger partial charge in [0.15, 0.2) is 5.82 Å². The fourth-order valence-corrected chi connectivity index (χ4v) is 3.70. The first-order valence-corrected chi connectivity index (χ1v) is 8.84. The molecule has 4 rings (SSSR count). The predicted octanol–water partition coefficient (Wildman–Crippen LogP) is 1.73. The second kappa shape index (κ2) is 6.37. The van der Waals surface area contributed by atoms with Crippen molar-refractivity contribution >= 4 is 6.01 Å². The summed E-state index contributed by atoms with van der Waals surface area (Å²) in [5.41, 5.74) is 2.33. The monoisotopic (exact) mass is 329 g/mol. The molecule has 1 fully saturated rings. The van der Waals surface area contributed by atoms with Crippen molar-refractivity contribution in [3.63, 3.8) is 0 Å². The first-order chi connectivity index (χ1) is 11.7. The number of aromatic nitrogens is 4. The van der Waals surface area contributed by atoms with E-state index in [9.17, 15) is 4.79 Å². The van der Waals surface area contributed by atoms with Crippen LogP contribution in [0.2, 0.25) is 0 Å². The minimum atomic E-state index is 0.0469. The molecule has 2 aromatic heterocycles. The van der Waals surface area contributed by atoms with Crippen LogP contribution >= 0.6 is 0 Å². The molecule has 0 saturated carbocycles. The van der Waals surface area contributed by atoms with Gasteiger partial charge in [-0.25, -0.2) is 4.68 Å². The van der Waals surface area contributed by atoms with Gasteiger partial charge >= 0.3 is 6.01 Å². The fourth-order valence-electron chi connectivity index (χ4n) is 3.70. The van der Waals surface area contributed by atoms with Crippen LogP contribution in [0.15, 0.2) is 15.4 Å². The Morgan fingerprint density at radius 3 is 2.79 bits per heavy atom. The molecule has 0 N–H and O–H groups in total. The lowest BCUT2D eigenvalue weighted by atomic mass is 9.96. The normalized spacial score (nSPS) is 18.6. The Labute approximate surface area is 140 Å². The van der Waals surface area contributed by atoms with Gasteiger partial charge in [-0.2, -0.15) is 10.1 Å². The Balaban J connectivity index is 1.41. The minimum absolute atomic E-state index is 0.0469. The van der Waals surface area contributed by atoms with E-state index in [2.05, 4.69) is 20.1 Å². The maximum Gasteiger partial charge on any atom is 0.324 e. The highest BCUT2D eigenvalue weighted by Gasteiger charge is 2.24. The number of hydrogen-bond acceptors (Lipinski definition) is 6. The molecular formula is C17H23N5O2. The first kappa shape index (κ1) is 15.4. The summed E-state index contributed by atoms with van der Waals surface area (Å²) in [5.74, 6) is 1.13. The van der Waals surface area contributed by atoms with Crippen molar-refractivity contribution in [2.24, 2.45) is 5.92 Å². The SMILES string of the molecule is Cc1noc(N2CCC(Cn3nc4c(cc3=O)CCCC4)CC2)n1. The molecule has 0 bridgehead atoms. The highest BCUT2D eigenvalue weighted by atomic mass is 16.5. The number of aryl methyl sites for hydroxylation is 3. The third-order valence-corrected chi connectivity index (χ3v) is 5.11. The van der Waals surface area contributed by atoms with E-state index in [0.717, 1.165) is 50.0 Å². The second-order valence-corrected chi connectivity index (χ2v) is 6.90. The van der Waals surface area contributed by atoms with E-state index in [1.54, 1.807) is 10.7 Å². The molecular weight excluding hydrogens is 306 g/mol. The predicted molar refractivity (Wildman–Crippen MR) is 89.1 cm³/mol. The van der Waals surface area contributed by atoms with Crippen molar-refractivity contribution in [2.75, 3.05) is 18.0 Å². The maximum atomic E-state index is 12.3. The number of fused-ring (bicyclic) bond motifs is 1. The van der Waals surface area contributed by atoms with Crippen molar-refractivity contribution in [2.45, 2.75) is 52.0 Å². The number of hydrogen-bond donors (Lipinski definition) is 0. The maximum absolute atomic E-state index is 12.3. The molecule has 24 heavy (non-hydrogen) atoms. The first-order valence-electron chi connectivity index (χ1n) is 8.84. The van der Waals surface area contributed by atoms with Crippen molar-refractivity contribution in [1.29, 1.82) is 0 Å². The molecule has 3 heterocycles. The van der Waals surface area contributed by atoms with Crippen LogP contribution in [0.25, 0.3) is 0 Å². The zero-order valence-corrected chi connectivity index (χ0v) is 14.1. The third-order valence-electron chi connectivity index (χ3n) is 5.11. The van der Waals surface area contributed by atoms with Crippen LogP contribution in [0.4, 0.5) is 6.01 Å². The average molecular weight is 329 g/mol. The smallest absolute Gasteiger partial charge is 0.324 e. The van der Waals surface area contributed by atoms with Gasteiger partial charge in [-0.05, 0) is 56.9 Å². The second-order valence-electron chi connectivity index (χ2n) is 6.90. The summed E-state index contributed by atoms with van der Waals surface area (Å²) in [5, 5.41) is 8.48. The van der Waals surface area contributed by atoms with E-state index in [0.29, 0.717) is 24.3 Å². The van der Waals surface area contributed by atoms with E-state index in [1.165, 1.54) is 12.8 Å². The lowest BCUT2D eigenvalue weighted by molar-refractivity contribution is 0.317. The van der Waals surface area contributed by atoms with E-state index in [4.69, 9.17) is 4.52 Å². The molecule has 128 valence electrons. The highest BCUT2D eigenvalue weighted by molar-refractivity contribution is 5.25. The number of anilines is 1. The van der Waals surface area contributed by atoms with Crippen LogP contribution in [0.5, 0.6) is 0 Å². The zero-order valence-electron chi connectivity index (χ0n) is 14.1. The Bertz CT molecular complexity index is 774. The van der Waals surface area contributed by atoms with Crippen molar-refractivity contribution in [3.8, 4) is 0 Å². The van der Waals surface area contributed by atoms with Crippen LogP contribution in [0, 0.1) is 12.8 Å². The summed E-state index contributed by atoms with van der Waals surface area (Å²) in [7, 11) is 0. The zero-order chi connectivity index (χ0) is 16.5. The van der Waals surface area contributed by atoms with Gasteiger partial charge < -0.3 is 9.42 Å². The standard InChI is InChI=1S/C17H23N5O2/c1-12-18-17(24-20-12)21-8-6-13(7-9-21)11-22-16(23)10-14-4-2-3-5-15(14)19-22/h10,13H,2-9,11H2,1H3. The Morgan fingerprint density at radius 2 is 2.04 bits per heavy atom. The molecule has 0 atom stereocenters. The number of rotatable bonds is 3. The van der Waals surface area contributed by atoms with Crippen LogP contribution in [0.1, 0.15) is 42.8 Å².